The van der Waals surface area contributed by atoms with Gasteiger partial charge >= 0.3 is 0 Å². The number of hydrogen-bond donors (Lipinski definition) is 2. The average molecular weight is 323 g/mol. The van der Waals surface area contributed by atoms with E-state index in [9.17, 15) is 0 Å². The molecule has 2 aromatic carbocycles. The van der Waals surface area contributed by atoms with E-state index in [0.29, 0.717) is 11.5 Å². The van der Waals surface area contributed by atoms with E-state index in [1.165, 1.54) is 0 Å². The second-order valence-corrected chi connectivity index (χ2v) is 5.08. The lowest BCUT2D eigenvalue weighted by Gasteiger charge is -2.13. The molecule has 0 amide bonds. The third kappa shape index (κ3) is 4.63. The fourth-order valence-corrected chi connectivity index (χ4v) is 2.30. The molecule has 2 N–H and O–H groups in total. The summed E-state index contributed by atoms with van der Waals surface area (Å²) in [5, 5.41) is 17.2. The van der Waals surface area contributed by atoms with Crippen LogP contribution >= 0.6 is 11.6 Å². The van der Waals surface area contributed by atoms with Gasteiger partial charge in [-0.1, -0.05) is 24.3 Å². The summed E-state index contributed by atoms with van der Waals surface area (Å²) in [5.41, 5.74) is 1.86. The van der Waals surface area contributed by atoms with Gasteiger partial charge in [-0.3, -0.25) is 0 Å². The number of alkyl halides is 1. The standard InChI is InChI=1S/C17H19ClO4/c18-17(13-4-6-15(7-5-13)21-10-8-19)14-2-1-3-16(12-14)22-11-9-20/h1-7,12,17,19-20H,8-11H2. The Morgan fingerprint density at radius 2 is 1.45 bits per heavy atom. The summed E-state index contributed by atoms with van der Waals surface area (Å²) >= 11 is 6.51. The van der Waals surface area contributed by atoms with Crippen LogP contribution in [0.5, 0.6) is 11.5 Å². The first-order chi connectivity index (χ1) is 10.7. The van der Waals surface area contributed by atoms with Gasteiger partial charge in [0, 0.05) is 0 Å². The molecule has 1 unspecified atom stereocenters. The van der Waals surface area contributed by atoms with Crippen LogP contribution in [0.2, 0.25) is 0 Å². The minimum atomic E-state index is -0.301. The zero-order valence-electron chi connectivity index (χ0n) is 12.1. The Bertz CT molecular complexity index is 571. The average Bonchev–Trinajstić information content (AvgIpc) is 2.58. The Morgan fingerprint density at radius 3 is 2.09 bits per heavy atom. The molecule has 118 valence electrons. The van der Waals surface area contributed by atoms with Crippen molar-refractivity contribution in [3.63, 3.8) is 0 Å². The van der Waals surface area contributed by atoms with Gasteiger partial charge < -0.3 is 19.7 Å². The number of aliphatic hydroxyl groups excluding tert-OH is 2. The zero-order valence-corrected chi connectivity index (χ0v) is 12.9. The molecule has 0 aliphatic heterocycles. The van der Waals surface area contributed by atoms with Crippen LogP contribution in [0.25, 0.3) is 0 Å². The van der Waals surface area contributed by atoms with Crippen molar-refractivity contribution >= 4 is 11.6 Å². The van der Waals surface area contributed by atoms with E-state index in [1.807, 2.05) is 48.5 Å². The minimum Gasteiger partial charge on any atom is -0.491 e. The van der Waals surface area contributed by atoms with Crippen molar-refractivity contribution in [2.45, 2.75) is 5.38 Å². The molecule has 0 aliphatic rings. The van der Waals surface area contributed by atoms with Crippen LogP contribution in [0.1, 0.15) is 16.5 Å². The number of aliphatic hydroxyl groups is 2. The highest BCUT2D eigenvalue weighted by Gasteiger charge is 2.11. The van der Waals surface area contributed by atoms with Crippen molar-refractivity contribution in [2.24, 2.45) is 0 Å². The third-order valence-corrected chi connectivity index (χ3v) is 3.55. The van der Waals surface area contributed by atoms with E-state index in [4.69, 9.17) is 31.3 Å². The van der Waals surface area contributed by atoms with Gasteiger partial charge in [0.2, 0.25) is 0 Å². The summed E-state index contributed by atoms with van der Waals surface area (Å²) in [7, 11) is 0. The minimum absolute atomic E-state index is 0.0134. The molecule has 0 bridgehead atoms. The quantitative estimate of drug-likeness (QED) is 0.734. The van der Waals surface area contributed by atoms with E-state index in [2.05, 4.69) is 0 Å². The second kappa shape index (κ2) is 8.63. The lowest BCUT2D eigenvalue weighted by atomic mass is 10.0. The largest absolute Gasteiger partial charge is 0.491 e. The van der Waals surface area contributed by atoms with Gasteiger partial charge in [-0.05, 0) is 35.4 Å². The molecular weight excluding hydrogens is 304 g/mol. The van der Waals surface area contributed by atoms with Gasteiger partial charge in [-0.15, -0.1) is 11.6 Å². The molecule has 2 rings (SSSR count). The number of rotatable bonds is 8. The fourth-order valence-electron chi connectivity index (χ4n) is 2.01. The Labute approximate surface area is 134 Å². The predicted molar refractivity (Wildman–Crippen MR) is 85.7 cm³/mol. The lowest BCUT2D eigenvalue weighted by Crippen LogP contribution is -2.03. The summed E-state index contributed by atoms with van der Waals surface area (Å²) in [6.45, 7) is 0.492. The van der Waals surface area contributed by atoms with Crippen LogP contribution < -0.4 is 9.47 Å². The summed E-state index contributed by atoms with van der Waals surface area (Å²) in [6.07, 6.45) is 0. The highest BCUT2D eigenvalue weighted by molar-refractivity contribution is 6.22. The van der Waals surface area contributed by atoms with Crippen molar-refractivity contribution in [2.75, 3.05) is 26.4 Å². The smallest absolute Gasteiger partial charge is 0.119 e. The van der Waals surface area contributed by atoms with Gasteiger partial charge in [0.25, 0.3) is 0 Å². The topological polar surface area (TPSA) is 58.9 Å². The lowest BCUT2D eigenvalue weighted by molar-refractivity contribution is 0.201. The van der Waals surface area contributed by atoms with Crippen molar-refractivity contribution < 1.29 is 19.7 Å². The Hall–Kier alpha value is -1.75. The molecule has 0 heterocycles. The van der Waals surface area contributed by atoms with E-state index < -0.39 is 0 Å². The van der Waals surface area contributed by atoms with Crippen molar-refractivity contribution in [3.8, 4) is 11.5 Å². The molecule has 0 aliphatic carbocycles. The molecule has 22 heavy (non-hydrogen) atoms. The molecule has 0 spiro atoms. The predicted octanol–water partition coefficient (Wildman–Crippen LogP) is 2.76. The maximum absolute atomic E-state index is 8.79. The Kier molecular flexibility index (Phi) is 6.52. The van der Waals surface area contributed by atoms with Gasteiger partial charge in [-0.2, -0.15) is 0 Å². The zero-order chi connectivity index (χ0) is 15.8. The molecule has 0 saturated heterocycles. The van der Waals surface area contributed by atoms with Crippen LogP contribution in [-0.2, 0) is 0 Å². The summed E-state index contributed by atoms with van der Waals surface area (Å²) in [6, 6.07) is 14.9. The molecular formula is C17H19ClO4. The number of benzene rings is 2. The first kappa shape index (κ1) is 16.6. The van der Waals surface area contributed by atoms with E-state index in [-0.39, 0.29) is 31.8 Å². The second-order valence-electron chi connectivity index (χ2n) is 4.65. The molecule has 4 nitrogen and oxygen atoms in total. The fraction of sp³-hybridized carbons (Fsp3) is 0.294. The summed E-state index contributed by atoms with van der Waals surface area (Å²) in [4.78, 5) is 0. The Balaban J connectivity index is 2.08. The molecule has 2 aromatic rings. The van der Waals surface area contributed by atoms with Crippen LogP contribution in [0, 0.1) is 0 Å². The maximum atomic E-state index is 8.79. The number of halogens is 1. The monoisotopic (exact) mass is 322 g/mol. The van der Waals surface area contributed by atoms with Crippen molar-refractivity contribution in [1.29, 1.82) is 0 Å². The normalized spacial score (nSPS) is 12.0. The third-order valence-electron chi connectivity index (χ3n) is 3.04. The maximum Gasteiger partial charge on any atom is 0.119 e. The van der Waals surface area contributed by atoms with E-state index in [0.717, 1.165) is 11.1 Å². The van der Waals surface area contributed by atoms with E-state index in [1.54, 1.807) is 0 Å². The Morgan fingerprint density at radius 1 is 0.818 bits per heavy atom. The first-order valence-electron chi connectivity index (χ1n) is 7.06. The molecule has 0 aromatic heterocycles. The van der Waals surface area contributed by atoms with Gasteiger partial charge in [0.05, 0.1) is 18.6 Å². The molecule has 0 saturated carbocycles. The van der Waals surface area contributed by atoms with Crippen LogP contribution in [0.3, 0.4) is 0 Å². The molecule has 1 atom stereocenters. The molecule has 0 fully saturated rings. The van der Waals surface area contributed by atoms with Crippen molar-refractivity contribution in [3.05, 3.63) is 59.7 Å². The number of ether oxygens (including phenoxy) is 2. The summed E-state index contributed by atoms with van der Waals surface area (Å²) in [5.74, 6) is 1.38. The van der Waals surface area contributed by atoms with Crippen LogP contribution in [-0.4, -0.2) is 36.6 Å². The SMILES string of the molecule is OCCOc1ccc(C(Cl)c2cccc(OCCO)c2)cc1. The highest BCUT2D eigenvalue weighted by Crippen LogP contribution is 2.31. The molecule has 0 radical (unpaired) electrons. The first-order valence-corrected chi connectivity index (χ1v) is 7.49. The van der Waals surface area contributed by atoms with Crippen LogP contribution in [0.4, 0.5) is 0 Å². The molecule has 5 heteroatoms. The summed E-state index contributed by atoms with van der Waals surface area (Å²) < 4.78 is 10.7. The van der Waals surface area contributed by atoms with E-state index >= 15 is 0 Å². The van der Waals surface area contributed by atoms with Crippen molar-refractivity contribution in [1.82, 2.24) is 0 Å². The van der Waals surface area contributed by atoms with Gasteiger partial charge in [0.15, 0.2) is 0 Å². The highest BCUT2D eigenvalue weighted by atomic mass is 35.5. The number of hydrogen-bond acceptors (Lipinski definition) is 4. The van der Waals surface area contributed by atoms with Gasteiger partial charge in [-0.25, -0.2) is 0 Å². The van der Waals surface area contributed by atoms with Gasteiger partial charge in [0.1, 0.15) is 24.7 Å². The van der Waals surface area contributed by atoms with Crippen LogP contribution in [0.15, 0.2) is 48.5 Å².